The van der Waals surface area contributed by atoms with Gasteiger partial charge in [0.05, 0.1) is 29.0 Å². The Balaban J connectivity index is 1.66. The van der Waals surface area contributed by atoms with Crippen molar-refractivity contribution in [1.82, 2.24) is 9.88 Å². The fourth-order valence-electron chi connectivity index (χ4n) is 3.16. The van der Waals surface area contributed by atoms with E-state index in [1.54, 1.807) is 0 Å². The average Bonchev–Trinajstić information content (AvgIpc) is 3.11. The summed E-state index contributed by atoms with van der Waals surface area (Å²) in [6, 6.07) is 7.03. The molecule has 1 amide bonds. The molecule has 1 aliphatic rings. The van der Waals surface area contributed by atoms with Crippen LogP contribution in [0.3, 0.4) is 0 Å². The lowest BCUT2D eigenvalue weighted by atomic mass is 10.2. The lowest BCUT2D eigenvalue weighted by Crippen LogP contribution is -2.43. The number of carbonyl (C=O) groups is 1. The van der Waals surface area contributed by atoms with Gasteiger partial charge in [-0.25, -0.2) is 18.2 Å². The van der Waals surface area contributed by atoms with Crippen LogP contribution in [0.2, 0.25) is 0 Å². The standard InChI is InChI=1S/C20H18F3N3O2S/c21-13-1-3-15(16(23)11-13)19(27)26(6-5-25-7-9-28-10-8-25)20-24-17-4-2-14(22)12-18(17)29-20/h1-4,11-12H,5-10H2. The summed E-state index contributed by atoms with van der Waals surface area (Å²) in [5.74, 6) is -2.70. The van der Waals surface area contributed by atoms with Gasteiger partial charge in [0.15, 0.2) is 5.13 Å². The molecule has 1 fully saturated rings. The number of anilines is 1. The monoisotopic (exact) mass is 421 g/mol. The van der Waals surface area contributed by atoms with Gasteiger partial charge in [-0.3, -0.25) is 14.6 Å². The highest BCUT2D eigenvalue weighted by atomic mass is 32.1. The van der Waals surface area contributed by atoms with Gasteiger partial charge in [0, 0.05) is 32.2 Å². The number of hydrogen-bond acceptors (Lipinski definition) is 5. The second kappa shape index (κ2) is 8.48. The molecule has 1 aliphatic heterocycles. The Labute approximate surface area is 169 Å². The van der Waals surface area contributed by atoms with Crippen molar-refractivity contribution in [2.45, 2.75) is 0 Å². The molecule has 0 unspecified atom stereocenters. The zero-order chi connectivity index (χ0) is 20.4. The van der Waals surface area contributed by atoms with E-state index in [1.807, 2.05) is 0 Å². The largest absolute Gasteiger partial charge is 0.379 e. The summed E-state index contributed by atoms with van der Waals surface area (Å²) in [5.41, 5.74) is 0.314. The van der Waals surface area contributed by atoms with Crippen LogP contribution < -0.4 is 4.90 Å². The summed E-state index contributed by atoms with van der Waals surface area (Å²) >= 11 is 1.15. The topological polar surface area (TPSA) is 45.7 Å². The normalized spacial score (nSPS) is 15.0. The smallest absolute Gasteiger partial charge is 0.263 e. The van der Waals surface area contributed by atoms with Crippen LogP contribution in [-0.2, 0) is 4.74 Å². The maximum Gasteiger partial charge on any atom is 0.263 e. The van der Waals surface area contributed by atoms with E-state index in [0.717, 1.165) is 36.6 Å². The minimum atomic E-state index is -0.932. The number of morpholine rings is 1. The molecular formula is C20H18F3N3O2S. The summed E-state index contributed by atoms with van der Waals surface area (Å²) in [6.45, 7) is 3.50. The van der Waals surface area contributed by atoms with Crippen LogP contribution in [0.5, 0.6) is 0 Å². The number of fused-ring (bicyclic) bond motifs is 1. The number of hydrogen-bond donors (Lipinski definition) is 0. The zero-order valence-electron chi connectivity index (χ0n) is 15.4. The highest BCUT2D eigenvalue weighted by Crippen LogP contribution is 2.30. The van der Waals surface area contributed by atoms with Gasteiger partial charge in [-0.05, 0) is 30.3 Å². The molecule has 4 rings (SSSR count). The van der Waals surface area contributed by atoms with Crippen molar-refractivity contribution in [2.24, 2.45) is 0 Å². The molecule has 0 aliphatic carbocycles. The maximum absolute atomic E-state index is 14.2. The molecule has 29 heavy (non-hydrogen) atoms. The third kappa shape index (κ3) is 4.42. The molecule has 0 bridgehead atoms. The Morgan fingerprint density at radius 1 is 1.10 bits per heavy atom. The molecule has 3 aromatic rings. The Hall–Kier alpha value is -2.49. The molecule has 1 saturated heterocycles. The molecule has 5 nitrogen and oxygen atoms in total. The highest BCUT2D eigenvalue weighted by Gasteiger charge is 2.25. The van der Waals surface area contributed by atoms with Crippen LogP contribution in [0, 0.1) is 17.5 Å². The molecule has 0 N–H and O–H groups in total. The van der Waals surface area contributed by atoms with E-state index in [1.165, 1.54) is 23.1 Å². The molecule has 9 heteroatoms. The Morgan fingerprint density at radius 2 is 1.83 bits per heavy atom. The molecule has 0 saturated carbocycles. The summed E-state index contributed by atoms with van der Waals surface area (Å²) in [5, 5.41) is 0.340. The van der Waals surface area contributed by atoms with Gasteiger partial charge in [-0.1, -0.05) is 11.3 Å². The zero-order valence-corrected chi connectivity index (χ0v) is 16.2. The number of nitrogens with zero attached hydrogens (tertiary/aromatic N) is 3. The summed E-state index contributed by atoms with van der Waals surface area (Å²) in [4.78, 5) is 21.0. The highest BCUT2D eigenvalue weighted by molar-refractivity contribution is 7.22. The molecule has 0 spiro atoms. The van der Waals surface area contributed by atoms with Crippen molar-refractivity contribution < 1.29 is 22.7 Å². The lowest BCUT2D eigenvalue weighted by molar-refractivity contribution is 0.0391. The van der Waals surface area contributed by atoms with Crippen molar-refractivity contribution in [1.29, 1.82) is 0 Å². The van der Waals surface area contributed by atoms with E-state index in [0.29, 0.717) is 41.2 Å². The van der Waals surface area contributed by atoms with Gasteiger partial charge in [0.2, 0.25) is 0 Å². The molecule has 152 valence electrons. The number of benzene rings is 2. The third-order valence-corrected chi connectivity index (χ3v) is 5.76. The second-order valence-electron chi connectivity index (χ2n) is 6.64. The van der Waals surface area contributed by atoms with Gasteiger partial charge >= 0.3 is 0 Å². The van der Waals surface area contributed by atoms with Gasteiger partial charge in [-0.15, -0.1) is 0 Å². The predicted molar refractivity (Wildman–Crippen MR) is 105 cm³/mol. The van der Waals surface area contributed by atoms with E-state index in [4.69, 9.17) is 4.74 Å². The van der Waals surface area contributed by atoms with Gasteiger partial charge < -0.3 is 4.74 Å². The average molecular weight is 421 g/mol. The number of carbonyl (C=O) groups excluding carboxylic acids is 1. The molecule has 0 radical (unpaired) electrons. The summed E-state index contributed by atoms with van der Waals surface area (Å²) in [6.07, 6.45) is 0. The molecule has 1 aromatic heterocycles. The number of amides is 1. The Kier molecular flexibility index (Phi) is 5.79. The number of thiazole rings is 1. The predicted octanol–water partition coefficient (Wildman–Crippen LogP) is 3.69. The van der Waals surface area contributed by atoms with Crippen LogP contribution in [-0.4, -0.2) is 55.2 Å². The fraction of sp³-hybridized carbons (Fsp3) is 0.300. The third-order valence-electron chi connectivity index (χ3n) is 4.72. The first-order valence-electron chi connectivity index (χ1n) is 9.14. The first-order chi connectivity index (χ1) is 14.0. The van der Waals surface area contributed by atoms with Gasteiger partial charge in [0.25, 0.3) is 5.91 Å². The first-order valence-corrected chi connectivity index (χ1v) is 9.96. The molecular weight excluding hydrogens is 403 g/mol. The van der Waals surface area contributed by atoms with Crippen molar-refractivity contribution in [2.75, 3.05) is 44.3 Å². The van der Waals surface area contributed by atoms with E-state index in [9.17, 15) is 18.0 Å². The van der Waals surface area contributed by atoms with E-state index < -0.39 is 23.4 Å². The number of rotatable bonds is 5. The Bertz CT molecular complexity index is 1040. The Morgan fingerprint density at radius 3 is 2.59 bits per heavy atom. The minimum absolute atomic E-state index is 0.237. The molecule has 2 heterocycles. The molecule has 2 aromatic carbocycles. The van der Waals surface area contributed by atoms with Crippen LogP contribution in [0.1, 0.15) is 10.4 Å². The van der Waals surface area contributed by atoms with Crippen molar-refractivity contribution in [3.8, 4) is 0 Å². The van der Waals surface area contributed by atoms with Crippen LogP contribution in [0.25, 0.3) is 10.2 Å². The van der Waals surface area contributed by atoms with Gasteiger partial charge in [-0.2, -0.15) is 0 Å². The summed E-state index contributed by atoms with van der Waals surface area (Å²) < 4.78 is 47.0. The number of aromatic nitrogens is 1. The van der Waals surface area contributed by atoms with E-state index in [-0.39, 0.29) is 12.1 Å². The maximum atomic E-state index is 14.2. The molecule has 0 atom stereocenters. The van der Waals surface area contributed by atoms with E-state index >= 15 is 0 Å². The van der Waals surface area contributed by atoms with Crippen molar-refractivity contribution in [3.05, 3.63) is 59.4 Å². The first kappa shape index (κ1) is 19.8. The number of halogens is 3. The van der Waals surface area contributed by atoms with Crippen LogP contribution >= 0.6 is 11.3 Å². The van der Waals surface area contributed by atoms with Gasteiger partial charge in [0.1, 0.15) is 17.5 Å². The van der Waals surface area contributed by atoms with Crippen LogP contribution in [0.4, 0.5) is 18.3 Å². The minimum Gasteiger partial charge on any atom is -0.379 e. The van der Waals surface area contributed by atoms with Crippen molar-refractivity contribution in [3.63, 3.8) is 0 Å². The lowest BCUT2D eigenvalue weighted by Gasteiger charge is -2.29. The fourth-order valence-corrected chi connectivity index (χ4v) is 4.18. The number of ether oxygens (including phenoxy) is 1. The van der Waals surface area contributed by atoms with Crippen LogP contribution in [0.15, 0.2) is 36.4 Å². The second-order valence-corrected chi connectivity index (χ2v) is 7.65. The quantitative estimate of drug-likeness (QED) is 0.630. The van der Waals surface area contributed by atoms with E-state index in [2.05, 4.69) is 9.88 Å². The van der Waals surface area contributed by atoms with Crippen molar-refractivity contribution >= 4 is 32.6 Å². The SMILES string of the molecule is O=C(c1ccc(F)cc1F)N(CCN1CCOCC1)c1nc2ccc(F)cc2s1. The summed E-state index contributed by atoms with van der Waals surface area (Å²) in [7, 11) is 0.